The molecule has 19 aromatic heterocycles. The molecule has 5 fully saturated rings. The zero-order chi connectivity index (χ0) is 100. The van der Waals surface area contributed by atoms with E-state index in [2.05, 4.69) is 183 Å². The topological polar surface area (TPSA) is 459 Å². The third-order valence-corrected chi connectivity index (χ3v) is 25.7. The molecule has 0 unspecified atom stereocenters. The fourth-order valence-electron chi connectivity index (χ4n) is 18.3. The van der Waals surface area contributed by atoms with Crippen LogP contribution in [0.2, 0.25) is 0 Å². The number of pyridine rings is 10. The highest BCUT2D eigenvalue weighted by Crippen LogP contribution is 2.43. The molecule has 748 valence electrons. The number of alkyl halides is 1. The molecule has 0 bridgehead atoms. The summed E-state index contributed by atoms with van der Waals surface area (Å²) >= 11 is 0. The number of hydrogen-bond donors (Lipinski definition) is 5. The van der Waals surface area contributed by atoms with Crippen LogP contribution in [0.25, 0.3) is 111 Å². The number of rotatable bonds is 24. The Labute approximate surface area is 838 Å². The van der Waals surface area contributed by atoms with Crippen LogP contribution < -0.4 is 53.1 Å². The van der Waals surface area contributed by atoms with Crippen molar-refractivity contribution in [1.82, 2.24) is 141 Å². The van der Waals surface area contributed by atoms with Crippen molar-refractivity contribution in [3.8, 4) is 85.7 Å². The first-order valence-electron chi connectivity index (χ1n) is 49.5. The Morgan fingerprint density at radius 1 is 0.342 bits per heavy atom. The number of nitrogens with zero attached hydrogens (tertiary/aromatic N) is 29. The van der Waals surface area contributed by atoms with Crippen molar-refractivity contribution in [2.24, 2.45) is 0 Å². The average Bonchev–Trinajstić information content (AvgIpc) is 1.47. The van der Waals surface area contributed by atoms with Gasteiger partial charge in [-0.2, -0.15) is 30.5 Å². The molecule has 1 aliphatic carbocycles. The van der Waals surface area contributed by atoms with Gasteiger partial charge in [0.15, 0.2) is 5.82 Å². The number of fused-ring (bicyclic) bond motifs is 6. The van der Waals surface area contributed by atoms with E-state index in [9.17, 15) is 4.39 Å². The fourth-order valence-corrected chi connectivity index (χ4v) is 18.3. The van der Waals surface area contributed by atoms with Gasteiger partial charge in [0.25, 0.3) is 0 Å². The Kier molecular flexibility index (Phi) is 27.7. The lowest BCUT2D eigenvalue weighted by Crippen LogP contribution is -2.47. The summed E-state index contributed by atoms with van der Waals surface area (Å²) in [6.07, 6.45) is 31.6. The van der Waals surface area contributed by atoms with Crippen LogP contribution in [0.5, 0.6) is 29.4 Å². The highest BCUT2D eigenvalue weighted by molar-refractivity contribution is 5.97. The lowest BCUT2D eigenvalue weighted by atomic mass is 9.94. The number of ether oxygens (including phenoxy) is 5. The molecule has 1 atom stereocenters. The number of nitrogens with one attached hydrogen (secondary N) is 5. The van der Waals surface area contributed by atoms with Gasteiger partial charge in [0.1, 0.15) is 69.6 Å². The molecule has 19 aromatic rings. The molecule has 6 aliphatic rings. The van der Waals surface area contributed by atoms with Gasteiger partial charge in [-0.1, -0.05) is 10.3 Å². The lowest BCUT2D eigenvalue weighted by Gasteiger charge is -2.38. The zero-order valence-corrected chi connectivity index (χ0v) is 82.9. The Morgan fingerprint density at radius 2 is 0.726 bits per heavy atom. The molecule has 4 saturated heterocycles. The number of piperazine rings is 1. The van der Waals surface area contributed by atoms with E-state index in [1.54, 1.807) is 49.6 Å². The molecule has 5 N–H and O–H groups in total. The molecule has 41 nitrogen and oxygen atoms in total. The molecule has 0 spiro atoms. The highest BCUT2D eigenvalue weighted by Gasteiger charge is 2.36. The molecular formula is C104H113FN34O7. The largest absolute Gasteiger partial charge is 0.475 e. The van der Waals surface area contributed by atoms with Crippen LogP contribution in [0.3, 0.4) is 0 Å². The second kappa shape index (κ2) is 42.4. The molecule has 42 heteroatoms. The number of anilines is 6. The van der Waals surface area contributed by atoms with Gasteiger partial charge >= 0.3 is 6.01 Å². The number of aromatic amines is 5. The first-order chi connectivity index (χ1) is 71.1. The number of halogens is 1. The summed E-state index contributed by atoms with van der Waals surface area (Å²) in [4.78, 5) is 75.0. The quantitative estimate of drug-likeness (QED) is 0.0375. The van der Waals surface area contributed by atoms with Crippen molar-refractivity contribution in [2.45, 2.75) is 176 Å². The Bertz CT molecular complexity index is 7700. The van der Waals surface area contributed by atoms with Crippen LogP contribution in [-0.2, 0) is 13.1 Å². The maximum Gasteiger partial charge on any atom is 0.318 e. The number of hydrogen-bond acceptors (Lipinski definition) is 35. The van der Waals surface area contributed by atoms with Crippen LogP contribution in [0.1, 0.15) is 148 Å². The minimum Gasteiger partial charge on any atom is -0.475 e. The van der Waals surface area contributed by atoms with Crippen LogP contribution >= 0.6 is 0 Å². The molecule has 0 aromatic carbocycles. The summed E-state index contributed by atoms with van der Waals surface area (Å²) in [5, 5.41) is 55.0. The minimum absolute atomic E-state index is 0.0524. The molecule has 1 saturated carbocycles. The number of imidazole rings is 1. The molecule has 25 rings (SSSR count). The van der Waals surface area contributed by atoms with E-state index < -0.39 is 6.17 Å². The first kappa shape index (κ1) is 95.3. The minimum atomic E-state index is -0.779. The van der Waals surface area contributed by atoms with E-state index >= 15 is 0 Å². The summed E-state index contributed by atoms with van der Waals surface area (Å²) in [7, 11) is 0. The van der Waals surface area contributed by atoms with Gasteiger partial charge in [-0.15, -0.1) is 5.10 Å². The summed E-state index contributed by atoms with van der Waals surface area (Å²) < 4.78 is 55.5. The third-order valence-electron chi connectivity index (χ3n) is 25.7. The monoisotopic (exact) mass is 1970 g/mol. The van der Waals surface area contributed by atoms with Crippen LogP contribution in [0, 0.1) is 6.92 Å². The van der Waals surface area contributed by atoms with Gasteiger partial charge in [0.05, 0.1) is 114 Å². The van der Waals surface area contributed by atoms with E-state index in [1.165, 1.54) is 0 Å². The Hall–Kier alpha value is -16.9. The van der Waals surface area contributed by atoms with Crippen molar-refractivity contribution >= 4 is 89.6 Å². The molecule has 5 aliphatic heterocycles. The van der Waals surface area contributed by atoms with Crippen molar-refractivity contribution in [2.75, 3.05) is 101 Å². The number of piperidine rings is 1. The van der Waals surface area contributed by atoms with Gasteiger partial charge in [-0.25, -0.2) is 59.2 Å². The smallest absolute Gasteiger partial charge is 0.318 e. The third kappa shape index (κ3) is 21.9. The van der Waals surface area contributed by atoms with E-state index in [0.29, 0.717) is 78.5 Å². The SMILES string of the molecule is CC(C)Oc1cc2c(-c3ccnc(N4CCC(c5cnccn5)CC4)c3)n[nH]c2cn1.CC(C)Oc1cc2c(-c3ccnc(N4CCN(c5nnc(C6CC6)o5)CC4)c3)n[nH]c2cn1.CC(C)Oc1cc2c(-c3ccnc(N4CC[C@@H](F)C4)c3)n[nH]c2cn1.CC(C)Oc1cc2c(-c3ccnc(N4CCn5ccnc5C4)c3)n[nH]c2cn1.Cc1noc(C2CN(c3cc(-c4n[nH]c5cnc(OC(C)C)cc45)ccn3)C2)n1. The standard InChI is InChI=1S/C23H26N8O2.C23H25N7O.C20H21N7O2.C20H21N7O.C18H20FN5O/c1-14(2)32-20-12-17-18(13-25-20)26-27-21(17)16-5-6-24-19(11-16)30-7-9-31(10-8-30)23-29-28-22(33-23)15-3-4-15;1-15(2)31-22-12-18-20(14-27-22)28-29-23(18)17-3-6-26-21(11-17)30-9-4-16(5-10-30)19-13-24-7-8-25-19;1-11(2)28-18-7-15-16(8-22-18)24-25-19(15)13-4-5-21-17(6-13)27-9-14(10-27)20-23-12(3)26-29-20;1-13(2)28-19-10-15-16(11-23-19)24-25-20(15)14-3-4-21-17(9-14)27-8-7-26-6-5-22-18(26)12-27;1-11(2)25-17-8-14-15(9-21-17)22-23-18(14)12-3-5-20-16(7-12)24-6-4-13(19)10-24/h5-6,11-15H,3-4,7-10H2,1-2H3,(H,26,27);3,6-8,11-16H,4-5,9-10H2,1-2H3,(H,28,29);4-8,11,14H,9-10H2,1-3H3,(H,24,25);3-6,9-11,13H,7-8,12H2,1-2H3,(H,24,25);3,5,7-9,11,13H,4,6,10H2,1-2H3,(H,22,23)/t;;;;13-/m....1/s1. The van der Waals surface area contributed by atoms with Gasteiger partial charge in [0.2, 0.25) is 41.2 Å². The number of aryl methyl sites for hydroxylation is 1. The van der Waals surface area contributed by atoms with Crippen LogP contribution in [-0.4, -0.2) is 249 Å². The van der Waals surface area contributed by atoms with Crippen LogP contribution in [0.4, 0.5) is 39.5 Å². The van der Waals surface area contributed by atoms with Crippen LogP contribution in [0.15, 0.2) is 193 Å². The normalized spacial score (nSPS) is 15.5. The van der Waals surface area contributed by atoms with Crippen molar-refractivity contribution in [3.05, 3.63) is 213 Å². The summed E-state index contributed by atoms with van der Waals surface area (Å²) in [6.45, 7) is 32.1. The fraction of sp³-hybridized carbons (Fsp3) is 0.365. The molecule has 0 radical (unpaired) electrons. The summed E-state index contributed by atoms with van der Waals surface area (Å²) in [6, 6.07) is 30.4. The highest BCUT2D eigenvalue weighted by atomic mass is 19.1. The van der Waals surface area contributed by atoms with E-state index in [1.807, 2.05) is 197 Å². The van der Waals surface area contributed by atoms with E-state index in [4.69, 9.17) is 32.6 Å². The summed E-state index contributed by atoms with van der Waals surface area (Å²) in [5.74, 6) is 11.8. The second-order valence-electron chi connectivity index (χ2n) is 38.2. The second-order valence-corrected chi connectivity index (χ2v) is 38.2. The van der Waals surface area contributed by atoms with Crippen molar-refractivity contribution in [1.29, 1.82) is 0 Å². The predicted octanol–water partition coefficient (Wildman–Crippen LogP) is 16.9. The maximum absolute atomic E-state index is 13.5. The van der Waals surface area contributed by atoms with Crippen molar-refractivity contribution < 1.29 is 37.0 Å². The molecule has 146 heavy (non-hydrogen) atoms. The maximum atomic E-state index is 13.5. The molecular weight excluding hydrogens is 1860 g/mol. The zero-order valence-electron chi connectivity index (χ0n) is 82.9. The van der Waals surface area contributed by atoms with E-state index in [-0.39, 0.29) is 36.4 Å². The van der Waals surface area contributed by atoms with Gasteiger partial charge in [0, 0.05) is 231 Å². The first-order valence-corrected chi connectivity index (χ1v) is 49.5. The average molecular weight is 1970 g/mol. The van der Waals surface area contributed by atoms with Crippen molar-refractivity contribution in [3.63, 3.8) is 0 Å². The Balaban J connectivity index is 0.000000108. The predicted molar refractivity (Wildman–Crippen MR) is 550 cm³/mol. The molecule has 0 amide bonds. The molecule has 24 heterocycles. The lowest BCUT2D eigenvalue weighted by molar-refractivity contribution is 0.232. The van der Waals surface area contributed by atoms with Gasteiger partial charge in [-0.3, -0.25) is 35.5 Å². The van der Waals surface area contributed by atoms with E-state index in [0.717, 1.165) is 255 Å². The number of H-pyrrole nitrogens is 5. The Morgan fingerprint density at radius 3 is 1.10 bits per heavy atom. The van der Waals surface area contributed by atoms with Gasteiger partial charge in [-0.05, 0) is 169 Å². The van der Waals surface area contributed by atoms with Gasteiger partial charge < -0.3 is 66.6 Å². The summed E-state index contributed by atoms with van der Waals surface area (Å²) in [5.41, 5.74) is 14.6. The number of aromatic nitrogens is 28.